The van der Waals surface area contributed by atoms with E-state index in [1.54, 1.807) is 0 Å². The van der Waals surface area contributed by atoms with Gasteiger partial charge in [-0.15, -0.1) is 0 Å². The number of hydrogen-bond donors (Lipinski definition) is 1. The van der Waals surface area contributed by atoms with Gasteiger partial charge in [0, 0.05) is 38.3 Å². The third-order valence-corrected chi connectivity index (χ3v) is 5.63. The van der Waals surface area contributed by atoms with Crippen LogP contribution in [0.2, 0.25) is 0 Å². The summed E-state index contributed by atoms with van der Waals surface area (Å²) in [6.45, 7) is 3.97. The van der Waals surface area contributed by atoms with Crippen molar-refractivity contribution in [1.82, 2.24) is 15.1 Å². The first kappa shape index (κ1) is 15.1. The van der Waals surface area contributed by atoms with Gasteiger partial charge in [-0.1, -0.05) is 38.5 Å². The maximum Gasteiger partial charge on any atom is 0.317 e. The third-order valence-electron chi connectivity index (χ3n) is 5.63. The number of nitrogens with one attached hydrogen (secondary N) is 1. The van der Waals surface area contributed by atoms with Crippen LogP contribution in [-0.4, -0.2) is 54.1 Å². The number of amides is 2. The maximum atomic E-state index is 12.4. The third kappa shape index (κ3) is 4.12. The molecule has 1 saturated heterocycles. The zero-order valence-corrected chi connectivity index (χ0v) is 13.4. The molecule has 4 nitrogen and oxygen atoms in total. The first-order chi connectivity index (χ1) is 10.3. The molecule has 3 aliphatic rings. The predicted octanol–water partition coefficient (Wildman–Crippen LogP) is 2.98. The van der Waals surface area contributed by atoms with Gasteiger partial charge in [-0.05, 0) is 25.7 Å². The number of urea groups is 1. The van der Waals surface area contributed by atoms with Crippen molar-refractivity contribution in [3.8, 4) is 0 Å². The van der Waals surface area contributed by atoms with Crippen LogP contribution in [-0.2, 0) is 0 Å². The summed E-state index contributed by atoms with van der Waals surface area (Å²) in [5.74, 6) is 0. The number of piperazine rings is 1. The topological polar surface area (TPSA) is 35.6 Å². The summed E-state index contributed by atoms with van der Waals surface area (Å²) in [5.41, 5.74) is 0. The molecule has 0 radical (unpaired) electrons. The maximum absolute atomic E-state index is 12.4. The molecule has 0 aromatic heterocycles. The van der Waals surface area contributed by atoms with Crippen LogP contribution in [0.15, 0.2) is 0 Å². The number of rotatable bonds is 2. The lowest BCUT2D eigenvalue weighted by Gasteiger charge is -2.38. The molecule has 3 rings (SSSR count). The SMILES string of the molecule is O=C(NC1CCCCCC1)N1CCN(C2CCCC2)CC1. The number of carbonyl (C=O) groups excluding carboxylic acids is 1. The van der Waals surface area contributed by atoms with Gasteiger partial charge in [0.2, 0.25) is 0 Å². The fourth-order valence-corrected chi connectivity index (χ4v) is 4.25. The summed E-state index contributed by atoms with van der Waals surface area (Å²) in [6.07, 6.45) is 13.1. The van der Waals surface area contributed by atoms with E-state index < -0.39 is 0 Å². The Morgan fingerprint density at radius 1 is 0.762 bits per heavy atom. The van der Waals surface area contributed by atoms with Crippen LogP contribution >= 0.6 is 0 Å². The second kappa shape index (κ2) is 7.48. The summed E-state index contributed by atoms with van der Waals surface area (Å²) in [4.78, 5) is 17.1. The van der Waals surface area contributed by atoms with Crippen LogP contribution in [0.3, 0.4) is 0 Å². The van der Waals surface area contributed by atoms with E-state index in [0.717, 1.165) is 32.2 Å². The molecule has 3 fully saturated rings. The van der Waals surface area contributed by atoms with Gasteiger partial charge in [-0.2, -0.15) is 0 Å². The van der Waals surface area contributed by atoms with E-state index in [4.69, 9.17) is 0 Å². The molecule has 120 valence electrons. The summed E-state index contributed by atoms with van der Waals surface area (Å²) in [5, 5.41) is 3.28. The highest BCUT2D eigenvalue weighted by Gasteiger charge is 2.28. The van der Waals surface area contributed by atoms with Gasteiger partial charge >= 0.3 is 6.03 Å². The average molecular weight is 293 g/mol. The van der Waals surface area contributed by atoms with E-state index in [1.165, 1.54) is 64.2 Å². The van der Waals surface area contributed by atoms with E-state index in [1.807, 2.05) is 4.90 Å². The van der Waals surface area contributed by atoms with Crippen molar-refractivity contribution in [3.63, 3.8) is 0 Å². The van der Waals surface area contributed by atoms with Gasteiger partial charge in [0.15, 0.2) is 0 Å². The number of hydrogen-bond acceptors (Lipinski definition) is 2. The molecule has 21 heavy (non-hydrogen) atoms. The standard InChI is InChI=1S/C17H31N3O/c21-17(18-15-7-3-1-2-4-8-15)20-13-11-19(12-14-20)16-9-5-6-10-16/h15-16H,1-14H2,(H,18,21). The molecule has 4 heteroatoms. The van der Waals surface area contributed by atoms with Gasteiger partial charge in [0.25, 0.3) is 0 Å². The normalized spacial score (nSPS) is 26.8. The predicted molar refractivity (Wildman–Crippen MR) is 85.4 cm³/mol. The highest BCUT2D eigenvalue weighted by Crippen LogP contribution is 2.24. The summed E-state index contributed by atoms with van der Waals surface area (Å²) in [6, 6.07) is 1.41. The molecular formula is C17H31N3O. The van der Waals surface area contributed by atoms with Crippen LogP contribution in [0.25, 0.3) is 0 Å². The summed E-state index contributed by atoms with van der Waals surface area (Å²) >= 11 is 0. The number of nitrogens with zero attached hydrogens (tertiary/aromatic N) is 2. The van der Waals surface area contributed by atoms with Crippen molar-refractivity contribution in [1.29, 1.82) is 0 Å². The highest BCUT2D eigenvalue weighted by molar-refractivity contribution is 5.74. The quantitative estimate of drug-likeness (QED) is 0.795. The highest BCUT2D eigenvalue weighted by atomic mass is 16.2. The van der Waals surface area contributed by atoms with E-state index in [2.05, 4.69) is 10.2 Å². The molecule has 0 unspecified atom stereocenters. The van der Waals surface area contributed by atoms with E-state index >= 15 is 0 Å². The van der Waals surface area contributed by atoms with Crippen molar-refractivity contribution in [2.75, 3.05) is 26.2 Å². The van der Waals surface area contributed by atoms with Crippen molar-refractivity contribution in [2.45, 2.75) is 76.3 Å². The Bertz CT molecular complexity index is 325. The smallest absolute Gasteiger partial charge is 0.317 e. The molecule has 0 spiro atoms. The van der Waals surface area contributed by atoms with Gasteiger partial charge in [-0.3, -0.25) is 4.90 Å². The fraction of sp³-hybridized carbons (Fsp3) is 0.941. The second-order valence-corrected chi connectivity index (χ2v) is 7.10. The first-order valence-corrected chi connectivity index (χ1v) is 9.12. The molecule has 0 aromatic carbocycles. The zero-order valence-electron chi connectivity index (χ0n) is 13.4. The van der Waals surface area contributed by atoms with Gasteiger partial charge in [-0.25, -0.2) is 4.79 Å². The van der Waals surface area contributed by atoms with Crippen LogP contribution in [0.1, 0.15) is 64.2 Å². The Labute approximate surface area is 129 Å². The van der Waals surface area contributed by atoms with E-state index in [9.17, 15) is 4.79 Å². The van der Waals surface area contributed by atoms with Crippen LogP contribution < -0.4 is 5.32 Å². The minimum atomic E-state index is 0.188. The van der Waals surface area contributed by atoms with E-state index in [-0.39, 0.29) is 6.03 Å². The lowest BCUT2D eigenvalue weighted by atomic mass is 10.1. The Hall–Kier alpha value is -0.770. The van der Waals surface area contributed by atoms with Crippen LogP contribution in [0, 0.1) is 0 Å². The van der Waals surface area contributed by atoms with Gasteiger partial charge in [0.05, 0.1) is 0 Å². The Kier molecular flexibility index (Phi) is 5.39. The monoisotopic (exact) mass is 293 g/mol. The molecule has 1 heterocycles. The fourth-order valence-electron chi connectivity index (χ4n) is 4.25. The molecule has 0 bridgehead atoms. The Morgan fingerprint density at radius 3 is 1.95 bits per heavy atom. The molecule has 0 atom stereocenters. The minimum Gasteiger partial charge on any atom is -0.335 e. The zero-order chi connectivity index (χ0) is 14.5. The van der Waals surface area contributed by atoms with Crippen molar-refractivity contribution in [2.24, 2.45) is 0 Å². The molecule has 0 aromatic rings. The summed E-state index contributed by atoms with van der Waals surface area (Å²) < 4.78 is 0. The first-order valence-electron chi connectivity index (χ1n) is 9.12. The van der Waals surface area contributed by atoms with Crippen LogP contribution in [0.5, 0.6) is 0 Å². The van der Waals surface area contributed by atoms with Crippen molar-refractivity contribution in [3.05, 3.63) is 0 Å². The Balaban J connectivity index is 1.41. The minimum absolute atomic E-state index is 0.188. The Morgan fingerprint density at radius 2 is 1.33 bits per heavy atom. The van der Waals surface area contributed by atoms with Gasteiger partial charge < -0.3 is 10.2 Å². The molecule has 1 aliphatic heterocycles. The second-order valence-electron chi connectivity index (χ2n) is 7.10. The van der Waals surface area contributed by atoms with Crippen LogP contribution in [0.4, 0.5) is 4.79 Å². The molecule has 2 saturated carbocycles. The average Bonchev–Trinajstić information content (AvgIpc) is 2.93. The molecule has 1 N–H and O–H groups in total. The molecule has 2 amide bonds. The lowest BCUT2D eigenvalue weighted by molar-refractivity contribution is 0.108. The summed E-state index contributed by atoms with van der Waals surface area (Å²) in [7, 11) is 0. The van der Waals surface area contributed by atoms with E-state index in [0.29, 0.717) is 6.04 Å². The molecule has 2 aliphatic carbocycles. The van der Waals surface area contributed by atoms with Gasteiger partial charge in [0.1, 0.15) is 0 Å². The lowest BCUT2D eigenvalue weighted by Crippen LogP contribution is -2.55. The largest absolute Gasteiger partial charge is 0.335 e. The van der Waals surface area contributed by atoms with Crippen molar-refractivity contribution < 1.29 is 4.79 Å². The number of carbonyl (C=O) groups is 1. The molecular weight excluding hydrogens is 262 g/mol. The van der Waals surface area contributed by atoms with Crippen molar-refractivity contribution >= 4 is 6.03 Å².